The molecule has 84 valence electrons. The van der Waals surface area contributed by atoms with Gasteiger partial charge in [-0.2, -0.15) is 0 Å². The van der Waals surface area contributed by atoms with Crippen LogP contribution in [0.4, 0.5) is 0 Å². The van der Waals surface area contributed by atoms with Crippen molar-refractivity contribution in [2.75, 3.05) is 0 Å². The zero-order valence-electron chi connectivity index (χ0n) is 9.76. The number of rotatable bonds is 4. The van der Waals surface area contributed by atoms with Crippen molar-refractivity contribution in [3.63, 3.8) is 0 Å². The van der Waals surface area contributed by atoms with Crippen LogP contribution in [0.25, 0.3) is 0 Å². The summed E-state index contributed by atoms with van der Waals surface area (Å²) in [6.45, 7) is 6.60. The molecule has 0 saturated heterocycles. The van der Waals surface area contributed by atoms with Gasteiger partial charge in [0.15, 0.2) is 0 Å². The number of aryl methyl sites for hydroxylation is 1. The number of hydrogen-bond donors (Lipinski definition) is 1. The van der Waals surface area contributed by atoms with Gasteiger partial charge in [0.05, 0.1) is 0 Å². The van der Waals surface area contributed by atoms with Crippen molar-refractivity contribution in [1.29, 1.82) is 0 Å². The molecule has 1 atom stereocenters. The Morgan fingerprint density at radius 3 is 2.53 bits per heavy atom. The summed E-state index contributed by atoms with van der Waals surface area (Å²) in [6.07, 6.45) is 2.25. The molecule has 0 unspecified atom stereocenters. The number of halogens is 1. The first-order chi connectivity index (χ1) is 7.00. The molecule has 0 aromatic heterocycles. The van der Waals surface area contributed by atoms with Gasteiger partial charge in [0.25, 0.3) is 0 Å². The molecule has 0 aliphatic heterocycles. The van der Waals surface area contributed by atoms with Gasteiger partial charge in [-0.05, 0) is 48.9 Å². The van der Waals surface area contributed by atoms with Gasteiger partial charge in [0.1, 0.15) is 0 Å². The van der Waals surface area contributed by atoms with Gasteiger partial charge < -0.3 is 5.73 Å². The average Bonchev–Trinajstić information content (AvgIpc) is 2.18. The maximum atomic E-state index is 6.19. The molecule has 1 nitrogen and oxygen atoms in total. The fraction of sp³-hybridized carbons (Fsp3) is 0.538. The molecule has 1 aromatic carbocycles. The molecule has 0 bridgehead atoms. The third kappa shape index (κ3) is 3.96. The lowest BCUT2D eigenvalue weighted by Gasteiger charge is -2.16. The lowest BCUT2D eigenvalue weighted by Crippen LogP contribution is -2.12. The summed E-state index contributed by atoms with van der Waals surface area (Å²) in [5.41, 5.74) is 8.75. The van der Waals surface area contributed by atoms with E-state index in [1.54, 1.807) is 0 Å². The highest BCUT2D eigenvalue weighted by Gasteiger charge is 2.09. The molecule has 0 fully saturated rings. The van der Waals surface area contributed by atoms with Crippen LogP contribution in [0.2, 0.25) is 0 Å². The normalized spacial score (nSPS) is 13.2. The molecular weight excluding hydrogens is 250 g/mol. The minimum absolute atomic E-state index is 0.171. The lowest BCUT2D eigenvalue weighted by atomic mass is 9.95. The van der Waals surface area contributed by atoms with Crippen LogP contribution in [-0.4, -0.2) is 0 Å². The van der Waals surface area contributed by atoms with E-state index in [1.165, 1.54) is 17.5 Å². The van der Waals surface area contributed by atoms with Crippen LogP contribution >= 0.6 is 15.9 Å². The summed E-state index contributed by atoms with van der Waals surface area (Å²) in [4.78, 5) is 0. The second kappa shape index (κ2) is 5.66. The van der Waals surface area contributed by atoms with Crippen molar-refractivity contribution in [1.82, 2.24) is 0 Å². The van der Waals surface area contributed by atoms with Crippen molar-refractivity contribution < 1.29 is 0 Å². The first-order valence-corrected chi connectivity index (χ1v) is 6.31. The highest BCUT2D eigenvalue weighted by Crippen LogP contribution is 2.24. The monoisotopic (exact) mass is 269 g/mol. The quantitative estimate of drug-likeness (QED) is 0.872. The number of nitrogens with two attached hydrogens (primary N) is 1. The molecule has 1 rings (SSSR count). The fourth-order valence-corrected chi connectivity index (χ4v) is 2.06. The Kier molecular flexibility index (Phi) is 4.81. The summed E-state index contributed by atoms with van der Waals surface area (Å²) in [5, 5.41) is 0. The zero-order chi connectivity index (χ0) is 11.4. The summed E-state index contributed by atoms with van der Waals surface area (Å²) < 4.78 is 1.11. The van der Waals surface area contributed by atoms with Gasteiger partial charge >= 0.3 is 0 Å². The van der Waals surface area contributed by atoms with Gasteiger partial charge in [0, 0.05) is 10.5 Å². The molecular formula is C13H20BrN. The van der Waals surface area contributed by atoms with E-state index in [0.717, 1.165) is 16.8 Å². The van der Waals surface area contributed by atoms with E-state index in [0.29, 0.717) is 0 Å². The second-order valence-electron chi connectivity index (χ2n) is 4.58. The minimum Gasteiger partial charge on any atom is -0.324 e. The summed E-state index contributed by atoms with van der Waals surface area (Å²) in [5.74, 6) is 0.725. The van der Waals surface area contributed by atoms with Gasteiger partial charge in [-0.3, -0.25) is 0 Å². The van der Waals surface area contributed by atoms with E-state index in [2.05, 4.69) is 54.9 Å². The highest BCUT2D eigenvalue weighted by molar-refractivity contribution is 9.10. The van der Waals surface area contributed by atoms with Crippen LogP contribution in [0.1, 0.15) is 43.9 Å². The van der Waals surface area contributed by atoms with Gasteiger partial charge in [-0.25, -0.2) is 0 Å². The molecule has 0 amide bonds. The van der Waals surface area contributed by atoms with Crippen molar-refractivity contribution in [2.45, 2.75) is 39.7 Å². The maximum Gasteiger partial charge on any atom is 0.0297 e. The maximum absolute atomic E-state index is 6.19. The van der Waals surface area contributed by atoms with Crippen LogP contribution in [0.5, 0.6) is 0 Å². The lowest BCUT2D eigenvalue weighted by molar-refractivity contribution is 0.506. The predicted molar refractivity (Wildman–Crippen MR) is 69.9 cm³/mol. The third-order valence-electron chi connectivity index (χ3n) is 2.70. The number of hydrogen-bond acceptors (Lipinski definition) is 1. The summed E-state index contributed by atoms with van der Waals surface area (Å²) in [7, 11) is 0. The van der Waals surface area contributed by atoms with Crippen molar-refractivity contribution in [3.05, 3.63) is 33.8 Å². The molecule has 0 radical (unpaired) electrons. The Hall–Kier alpha value is -0.340. The molecule has 0 heterocycles. The number of benzene rings is 1. The van der Waals surface area contributed by atoms with Crippen LogP contribution in [-0.2, 0) is 0 Å². The second-order valence-corrected chi connectivity index (χ2v) is 5.49. The molecule has 0 aliphatic carbocycles. The molecule has 0 spiro atoms. The van der Waals surface area contributed by atoms with E-state index in [-0.39, 0.29) is 6.04 Å². The van der Waals surface area contributed by atoms with E-state index < -0.39 is 0 Å². The van der Waals surface area contributed by atoms with Gasteiger partial charge in [-0.1, -0.05) is 35.8 Å². The predicted octanol–water partition coefficient (Wildman–Crippen LogP) is 4.19. The Labute approximate surface area is 101 Å². The Morgan fingerprint density at radius 1 is 1.27 bits per heavy atom. The SMILES string of the molecule is Cc1ccc(Br)cc1[C@@H](N)CCC(C)C. The smallest absolute Gasteiger partial charge is 0.0297 e. The van der Waals surface area contributed by atoms with Crippen molar-refractivity contribution in [3.8, 4) is 0 Å². The molecule has 0 saturated carbocycles. The van der Waals surface area contributed by atoms with Crippen molar-refractivity contribution in [2.24, 2.45) is 11.7 Å². The molecule has 0 aliphatic rings. The minimum atomic E-state index is 0.171. The van der Waals surface area contributed by atoms with Gasteiger partial charge in [0.2, 0.25) is 0 Å². The van der Waals surface area contributed by atoms with E-state index in [1.807, 2.05) is 0 Å². The Morgan fingerprint density at radius 2 is 1.93 bits per heavy atom. The molecule has 1 aromatic rings. The molecule has 2 heteroatoms. The first kappa shape index (κ1) is 12.7. The average molecular weight is 270 g/mol. The highest BCUT2D eigenvalue weighted by atomic mass is 79.9. The van der Waals surface area contributed by atoms with Crippen LogP contribution in [0.3, 0.4) is 0 Å². The van der Waals surface area contributed by atoms with E-state index in [4.69, 9.17) is 5.73 Å². The fourth-order valence-electron chi connectivity index (χ4n) is 1.68. The Bertz CT molecular complexity index is 320. The van der Waals surface area contributed by atoms with E-state index >= 15 is 0 Å². The third-order valence-corrected chi connectivity index (χ3v) is 3.19. The standard InChI is InChI=1S/C13H20BrN/c1-9(2)4-7-13(15)12-8-11(14)6-5-10(12)3/h5-6,8-9,13H,4,7,15H2,1-3H3/t13-/m0/s1. The first-order valence-electron chi connectivity index (χ1n) is 5.52. The molecule has 15 heavy (non-hydrogen) atoms. The summed E-state index contributed by atoms with van der Waals surface area (Å²) >= 11 is 3.49. The van der Waals surface area contributed by atoms with Crippen LogP contribution in [0, 0.1) is 12.8 Å². The van der Waals surface area contributed by atoms with Crippen LogP contribution < -0.4 is 5.73 Å². The largest absolute Gasteiger partial charge is 0.324 e. The van der Waals surface area contributed by atoms with Crippen LogP contribution in [0.15, 0.2) is 22.7 Å². The topological polar surface area (TPSA) is 26.0 Å². The molecule has 2 N–H and O–H groups in total. The van der Waals surface area contributed by atoms with E-state index in [9.17, 15) is 0 Å². The van der Waals surface area contributed by atoms with Gasteiger partial charge in [-0.15, -0.1) is 0 Å². The zero-order valence-corrected chi connectivity index (χ0v) is 11.3. The van der Waals surface area contributed by atoms with Crippen molar-refractivity contribution >= 4 is 15.9 Å². The summed E-state index contributed by atoms with van der Waals surface area (Å²) in [6, 6.07) is 6.49. The Balaban J connectivity index is 2.72.